The molecule has 3 aromatic carbocycles. The molecule has 3 atom stereocenters. The van der Waals surface area contributed by atoms with Crippen LogP contribution in [0.1, 0.15) is 17.0 Å². The topological polar surface area (TPSA) is 81.4 Å². The van der Waals surface area contributed by atoms with Crippen LogP contribution in [0.2, 0.25) is 0 Å². The highest BCUT2D eigenvalue weighted by molar-refractivity contribution is 7.89. The Morgan fingerprint density at radius 1 is 0.933 bits per heavy atom. The fourth-order valence-electron chi connectivity index (χ4n) is 4.18. The maximum absolute atomic E-state index is 13.3. The summed E-state index contributed by atoms with van der Waals surface area (Å²) in [6.07, 6.45) is 0. The maximum atomic E-state index is 13.3. The van der Waals surface area contributed by atoms with Gasteiger partial charge in [0.15, 0.2) is 0 Å². The SMILES string of the molecule is Cc1ccccc1S(=O)(=O)N1[C@@H](C#N)[C@@H](c2ccc(-c3ccccc3)cc2)[C@@H]1CO. The van der Waals surface area contributed by atoms with E-state index in [9.17, 15) is 18.8 Å². The predicted molar refractivity (Wildman–Crippen MR) is 115 cm³/mol. The van der Waals surface area contributed by atoms with Crippen molar-refractivity contribution in [2.24, 2.45) is 0 Å². The van der Waals surface area contributed by atoms with Crippen LogP contribution in [0.3, 0.4) is 0 Å². The second-order valence-electron chi connectivity index (χ2n) is 7.44. The minimum atomic E-state index is -3.90. The minimum absolute atomic E-state index is 0.168. The summed E-state index contributed by atoms with van der Waals surface area (Å²) in [6.45, 7) is 1.37. The van der Waals surface area contributed by atoms with Crippen molar-refractivity contribution in [1.29, 1.82) is 5.26 Å². The summed E-state index contributed by atoms with van der Waals surface area (Å²) >= 11 is 0. The average Bonchev–Trinajstić information content (AvgIpc) is 2.75. The smallest absolute Gasteiger partial charge is 0.244 e. The number of hydrogen-bond donors (Lipinski definition) is 1. The molecule has 1 saturated heterocycles. The molecule has 1 N–H and O–H groups in total. The first-order valence-corrected chi connectivity index (χ1v) is 11.2. The zero-order valence-electron chi connectivity index (χ0n) is 16.5. The summed E-state index contributed by atoms with van der Waals surface area (Å²) in [5.74, 6) is -0.386. The monoisotopic (exact) mass is 418 g/mol. The van der Waals surface area contributed by atoms with Crippen molar-refractivity contribution in [3.63, 3.8) is 0 Å². The zero-order chi connectivity index (χ0) is 21.3. The fraction of sp³-hybridized carbons (Fsp3) is 0.208. The summed E-state index contributed by atoms with van der Waals surface area (Å²) in [4.78, 5) is 0.168. The molecule has 1 fully saturated rings. The van der Waals surface area contributed by atoms with Gasteiger partial charge in [-0.1, -0.05) is 72.8 Å². The van der Waals surface area contributed by atoms with Gasteiger partial charge >= 0.3 is 0 Å². The predicted octanol–water partition coefficient (Wildman–Crippen LogP) is 3.70. The number of benzene rings is 3. The molecule has 4 rings (SSSR count). The van der Waals surface area contributed by atoms with E-state index in [1.165, 1.54) is 6.07 Å². The first-order valence-electron chi connectivity index (χ1n) is 9.74. The van der Waals surface area contributed by atoms with Gasteiger partial charge < -0.3 is 5.11 Å². The molecule has 1 aliphatic heterocycles. The van der Waals surface area contributed by atoms with Crippen molar-refractivity contribution < 1.29 is 13.5 Å². The Morgan fingerprint density at radius 2 is 1.53 bits per heavy atom. The molecule has 0 unspecified atom stereocenters. The molecule has 3 aromatic rings. The molecule has 0 saturated carbocycles. The maximum Gasteiger partial charge on any atom is 0.244 e. The lowest BCUT2D eigenvalue weighted by molar-refractivity contribution is 0.0556. The third-order valence-electron chi connectivity index (χ3n) is 5.73. The summed E-state index contributed by atoms with van der Waals surface area (Å²) in [7, 11) is -3.90. The van der Waals surface area contributed by atoms with Crippen LogP contribution in [0.4, 0.5) is 0 Å². The van der Waals surface area contributed by atoms with Gasteiger partial charge in [-0.2, -0.15) is 9.57 Å². The van der Waals surface area contributed by atoms with Crippen LogP contribution in [0.15, 0.2) is 83.8 Å². The number of nitrogens with zero attached hydrogens (tertiary/aromatic N) is 2. The van der Waals surface area contributed by atoms with Crippen LogP contribution < -0.4 is 0 Å². The molecular weight excluding hydrogens is 396 g/mol. The van der Waals surface area contributed by atoms with E-state index in [0.29, 0.717) is 5.56 Å². The van der Waals surface area contributed by atoms with Crippen molar-refractivity contribution in [2.45, 2.75) is 29.8 Å². The number of aliphatic hydroxyl groups excluding tert-OH is 1. The third kappa shape index (κ3) is 3.31. The molecular formula is C24H22N2O3S. The minimum Gasteiger partial charge on any atom is -0.395 e. The van der Waals surface area contributed by atoms with Crippen molar-refractivity contribution in [1.82, 2.24) is 4.31 Å². The number of hydrogen-bond acceptors (Lipinski definition) is 4. The first kappa shape index (κ1) is 20.3. The highest BCUT2D eigenvalue weighted by Gasteiger charge is 2.55. The molecule has 5 nitrogen and oxygen atoms in total. The van der Waals surface area contributed by atoms with Crippen molar-refractivity contribution in [3.8, 4) is 17.2 Å². The van der Waals surface area contributed by atoms with E-state index in [0.717, 1.165) is 21.0 Å². The Kier molecular flexibility index (Phi) is 5.44. The summed E-state index contributed by atoms with van der Waals surface area (Å²) in [6, 6.07) is 25.0. The largest absolute Gasteiger partial charge is 0.395 e. The highest BCUT2D eigenvalue weighted by atomic mass is 32.2. The van der Waals surface area contributed by atoms with Gasteiger partial charge in [0.05, 0.1) is 23.6 Å². The van der Waals surface area contributed by atoms with Gasteiger partial charge in [0.2, 0.25) is 10.0 Å². The molecule has 30 heavy (non-hydrogen) atoms. The molecule has 0 aliphatic carbocycles. The number of rotatable bonds is 5. The second kappa shape index (κ2) is 8.04. The van der Waals surface area contributed by atoms with Gasteiger partial charge in [0, 0.05) is 5.92 Å². The Labute approximate surface area is 176 Å². The summed E-state index contributed by atoms with van der Waals surface area (Å²) in [5.41, 5.74) is 3.58. The molecule has 1 aliphatic rings. The fourth-order valence-corrected chi connectivity index (χ4v) is 6.17. The normalized spacial score (nSPS) is 21.6. The number of nitriles is 1. The standard InChI is InChI=1S/C24H22N2O3S/c1-17-7-5-6-10-23(17)30(28,29)26-21(15-25)24(22(26)16-27)20-13-11-19(12-14-20)18-8-3-2-4-9-18/h2-14,21-22,24,27H,16H2,1H3/t21-,22-,24+/m0/s1. The van der Waals surface area contributed by atoms with Crippen LogP contribution in [-0.4, -0.2) is 36.5 Å². The van der Waals surface area contributed by atoms with Crippen LogP contribution in [0.25, 0.3) is 11.1 Å². The molecule has 1 heterocycles. The van der Waals surface area contributed by atoms with Crippen molar-refractivity contribution >= 4 is 10.0 Å². The van der Waals surface area contributed by atoms with Gasteiger partial charge in [-0.3, -0.25) is 0 Å². The lowest BCUT2D eigenvalue weighted by Gasteiger charge is -2.50. The Bertz CT molecular complexity index is 1190. The molecule has 6 heteroatoms. The Hall–Kier alpha value is -2.98. The van der Waals surface area contributed by atoms with Crippen LogP contribution >= 0.6 is 0 Å². The number of aliphatic hydroxyl groups is 1. The second-order valence-corrected chi connectivity index (χ2v) is 9.25. The van der Waals surface area contributed by atoms with Gasteiger partial charge in [0.1, 0.15) is 6.04 Å². The van der Waals surface area contributed by atoms with Crippen LogP contribution in [0, 0.1) is 18.3 Å². The number of aryl methyl sites for hydroxylation is 1. The number of sulfonamides is 1. The first-order chi connectivity index (χ1) is 14.5. The van der Waals surface area contributed by atoms with E-state index in [2.05, 4.69) is 6.07 Å². The zero-order valence-corrected chi connectivity index (χ0v) is 17.3. The molecule has 0 amide bonds. The highest BCUT2D eigenvalue weighted by Crippen LogP contribution is 2.44. The van der Waals surface area contributed by atoms with E-state index in [4.69, 9.17) is 0 Å². The lowest BCUT2D eigenvalue weighted by Crippen LogP contribution is -2.65. The van der Waals surface area contributed by atoms with Gasteiger partial charge in [0.25, 0.3) is 0 Å². The van der Waals surface area contributed by atoms with Gasteiger partial charge in [-0.25, -0.2) is 8.42 Å². The Morgan fingerprint density at radius 3 is 2.13 bits per heavy atom. The summed E-state index contributed by atoms with van der Waals surface area (Å²) in [5, 5.41) is 19.8. The lowest BCUT2D eigenvalue weighted by atomic mass is 9.78. The average molecular weight is 419 g/mol. The molecule has 152 valence electrons. The third-order valence-corrected chi connectivity index (χ3v) is 7.79. The van der Waals surface area contributed by atoms with Crippen molar-refractivity contribution in [2.75, 3.05) is 6.61 Å². The molecule has 0 aromatic heterocycles. The van der Waals surface area contributed by atoms with Crippen LogP contribution in [-0.2, 0) is 10.0 Å². The van der Waals surface area contributed by atoms with Gasteiger partial charge in [-0.15, -0.1) is 0 Å². The molecule has 0 bridgehead atoms. The van der Waals surface area contributed by atoms with Crippen molar-refractivity contribution in [3.05, 3.63) is 90.0 Å². The van der Waals surface area contributed by atoms with E-state index in [1.54, 1.807) is 25.1 Å². The quantitative estimate of drug-likeness (QED) is 0.685. The van der Waals surface area contributed by atoms with E-state index < -0.39 is 22.1 Å². The van der Waals surface area contributed by atoms with Crippen LogP contribution in [0.5, 0.6) is 0 Å². The van der Waals surface area contributed by atoms with Gasteiger partial charge in [-0.05, 0) is 35.2 Å². The Balaban J connectivity index is 1.66. The van der Waals surface area contributed by atoms with E-state index >= 15 is 0 Å². The van der Waals surface area contributed by atoms with E-state index in [-0.39, 0.29) is 17.4 Å². The molecule has 0 spiro atoms. The molecule has 0 radical (unpaired) electrons. The summed E-state index contributed by atoms with van der Waals surface area (Å²) < 4.78 is 27.7. The van der Waals surface area contributed by atoms with E-state index in [1.807, 2.05) is 54.6 Å².